The number of aromatic nitrogens is 1. The Kier molecular flexibility index (Phi) is 3.12. The minimum Gasteiger partial charge on any atom is -0.503 e. The van der Waals surface area contributed by atoms with E-state index in [1.54, 1.807) is 12.1 Å². The van der Waals surface area contributed by atoms with Crippen LogP contribution in [-0.4, -0.2) is 16.7 Å². The molecule has 0 aliphatic rings. The summed E-state index contributed by atoms with van der Waals surface area (Å²) in [6.07, 6.45) is 0. The van der Waals surface area contributed by atoms with Gasteiger partial charge in [-0.3, -0.25) is 0 Å². The first kappa shape index (κ1) is 9.84. The highest BCUT2D eigenvalue weighted by atomic mass is 16.5. The van der Waals surface area contributed by atoms with Gasteiger partial charge in [-0.1, -0.05) is 13.8 Å². The molecule has 0 amide bonds. The molecule has 0 aliphatic carbocycles. The van der Waals surface area contributed by atoms with Crippen LogP contribution in [0.1, 0.15) is 19.5 Å². The van der Waals surface area contributed by atoms with Crippen molar-refractivity contribution in [2.24, 2.45) is 5.92 Å². The summed E-state index contributed by atoms with van der Waals surface area (Å²) in [5.74, 6) is 0.863. The largest absolute Gasteiger partial charge is 0.503 e. The number of aryl methyl sites for hydroxylation is 1. The standard InChI is InChI=1S/C10H15NO2/c1-7(2)6-13-10-9(12)5-4-8(3)11-10/h4-5,7,12H,6H2,1-3H3. The lowest BCUT2D eigenvalue weighted by molar-refractivity contribution is 0.249. The van der Waals surface area contributed by atoms with Gasteiger partial charge in [0.05, 0.1) is 6.61 Å². The fourth-order valence-electron chi connectivity index (χ4n) is 0.877. The molecule has 0 aromatic carbocycles. The van der Waals surface area contributed by atoms with E-state index in [-0.39, 0.29) is 5.75 Å². The lowest BCUT2D eigenvalue weighted by Gasteiger charge is -2.09. The molecule has 0 fully saturated rings. The van der Waals surface area contributed by atoms with Gasteiger partial charge < -0.3 is 9.84 Å². The third-order valence-electron chi connectivity index (χ3n) is 1.53. The number of hydrogen-bond acceptors (Lipinski definition) is 3. The van der Waals surface area contributed by atoms with Crippen LogP contribution in [0.5, 0.6) is 11.6 Å². The van der Waals surface area contributed by atoms with Gasteiger partial charge in [0, 0.05) is 5.69 Å². The van der Waals surface area contributed by atoms with Crippen LogP contribution in [0.2, 0.25) is 0 Å². The predicted molar refractivity (Wildman–Crippen MR) is 51.0 cm³/mol. The molecule has 1 aromatic rings. The van der Waals surface area contributed by atoms with Crippen molar-refractivity contribution in [3.8, 4) is 11.6 Å². The third kappa shape index (κ3) is 2.93. The maximum Gasteiger partial charge on any atom is 0.257 e. The molecule has 1 aromatic heterocycles. The molecule has 0 radical (unpaired) electrons. The fraction of sp³-hybridized carbons (Fsp3) is 0.500. The molecule has 1 N–H and O–H groups in total. The quantitative estimate of drug-likeness (QED) is 0.776. The number of rotatable bonds is 3. The topological polar surface area (TPSA) is 42.4 Å². The Morgan fingerprint density at radius 2 is 2.15 bits per heavy atom. The highest BCUT2D eigenvalue weighted by Crippen LogP contribution is 2.22. The summed E-state index contributed by atoms with van der Waals surface area (Å²) in [7, 11) is 0. The molecule has 0 aliphatic heterocycles. The summed E-state index contributed by atoms with van der Waals surface area (Å²) in [4.78, 5) is 4.07. The van der Waals surface area contributed by atoms with E-state index < -0.39 is 0 Å². The Bertz CT molecular complexity index is 284. The molecule has 3 nitrogen and oxygen atoms in total. The number of ether oxygens (including phenoxy) is 1. The molecule has 0 bridgehead atoms. The zero-order valence-electron chi connectivity index (χ0n) is 8.24. The first-order chi connectivity index (χ1) is 6.09. The van der Waals surface area contributed by atoms with Crippen molar-refractivity contribution in [3.63, 3.8) is 0 Å². The first-order valence-electron chi connectivity index (χ1n) is 4.39. The molecule has 0 atom stereocenters. The monoisotopic (exact) mass is 181 g/mol. The summed E-state index contributed by atoms with van der Waals surface area (Å²) >= 11 is 0. The summed E-state index contributed by atoms with van der Waals surface area (Å²) in [5, 5.41) is 9.36. The summed E-state index contributed by atoms with van der Waals surface area (Å²) in [6.45, 7) is 6.53. The van der Waals surface area contributed by atoms with Crippen LogP contribution in [0.3, 0.4) is 0 Å². The van der Waals surface area contributed by atoms with Crippen molar-refractivity contribution < 1.29 is 9.84 Å². The Balaban J connectivity index is 2.70. The lowest BCUT2D eigenvalue weighted by atomic mass is 10.2. The Morgan fingerprint density at radius 3 is 2.77 bits per heavy atom. The number of hydrogen-bond donors (Lipinski definition) is 1. The second-order valence-electron chi connectivity index (χ2n) is 3.48. The van der Waals surface area contributed by atoms with E-state index in [2.05, 4.69) is 4.98 Å². The van der Waals surface area contributed by atoms with Gasteiger partial charge in [0.1, 0.15) is 0 Å². The van der Waals surface area contributed by atoms with E-state index in [0.29, 0.717) is 18.4 Å². The maximum atomic E-state index is 9.36. The molecule has 0 saturated carbocycles. The Labute approximate surface area is 78.4 Å². The van der Waals surface area contributed by atoms with E-state index in [0.717, 1.165) is 5.69 Å². The van der Waals surface area contributed by atoms with Crippen LogP contribution in [0.4, 0.5) is 0 Å². The molecule has 1 heterocycles. The number of pyridine rings is 1. The number of aromatic hydroxyl groups is 1. The summed E-state index contributed by atoms with van der Waals surface area (Å²) in [5.41, 5.74) is 0.844. The van der Waals surface area contributed by atoms with E-state index in [1.165, 1.54) is 0 Å². The molecule has 13 heavy (non-hydrogen) atoms. The van der Waals surface area contributed by atoms with E-state index >= 15 is 0 Å². The smallest absolute Gasteiger partial charge is 0.257 e. The molecular formula is C10H15NO2. The SMILES string of the molecule is Cc1ccc(O)c(OCC(C)C)n1. The van der Waals surface area contributed by atoms with Crippen molar-refractivity contribution in [1.82, 2.24) is 4.98 Å². The fourth-order valence-corrected chi connectivity index (χ4v) is 0.877. The molecule has 1 rings (SSSR count). The van der Waals surface area contributed by atoms with Gasteiger partial charge in [-0.05, 0) is 25.0 Å². The van der Waals surface area contributed by atoms with Crippen LogP contribution in [-0.2, 0) is 0 Å². The summed E-state index contributed by atoms with van der Waals surface area (Å²) < 4.78 is 5.32. The molecule has 0 spiro atoms. The maximum absolute atomic E-state index is 9.36. The van der Waals surface area contributed by atoms with Gasteiger partial charge in [-0.25, -0.2) is 4.98 Å². The third-order valence-corrected chi connectivity index (χ3v) is 1.53. The second kappa shape index (κ2) is 4.12. The van der Waals surface area contributed by atoms with Gasteiger partial charge in [0.25, 0.3) is 5.88 Å². The zero-order chi connectivity index (χ0) is 9.84. The van der Waals surface area contributed by atoms with E-state index in [4.69, 9.17) is 4.74 Å². The predicted octanol–water partition coefficient (Wildman–Crippen LogP) is 2.13. The minimum absolute atomic E-state index is 0.103. The Morgan fingerprint density at radius 1 is 1.46 bits per heavy atom. The normalized spacial score (nSPS) is 10.5. The van der Waals surface area contributed by atoms with Crippen molar-refractivity contribution in [1.29, 1.82) is 0 Å². The minimum atomic E-state index is 0.103. The molecule has 0 saturated heterocycles. The van der Waals surface area contributed by atoms with Gasteiger partial charge in [-0.2, -0.15) is 0 Å². The van der Waals surface area contributed by atoms with Crippen LogP contribution in [0.25, 0.3) is 0 Å². The highest BCUT2D eigenvalue weighted by Gasteiger charge is 2.04. The van der Waals surface area contributed by atoms with Crippen LogP contribution in [0, 0.1) is 12.8 Å². The van der Waals surface area contributed by atoms with Crippen molar-refractivity contribution in [2.45, 2.75) is 20.8 Å². The van der Waals surface area contributed by atoms with Gasteiger partial charge in [-0.15, -0.1) is 0 Å². The van der Waals surface area contributed by atoms with Gasteiger partial charge in [0.2, 0.25) is 0 Å². The average Bonchev–Trinajstić information content (AvgIpc) is 2.06. The Hall–Kier alpha value is -1.25. The molecule has 0 unspecified atom stereocenters. The molecule has 3 heteroatoms. The zero-order valence-corrected chi connectivity index (χ0v) is 8.24. The van der Waals surface area contributed by atoms with Crippen LogP contribution >= 0.6 is 0 Å². The van der Waals surface area contributed by atoms with Gasteiger partial charge >= 0.3 is 0 Å². The second-order valence-corrected chi connectivity index (χ2v) is 3.48. The van der Waals surface area contributed by atoms with Crippen LogP contribution in [0.15, 0.2) is 12.1 Å². The van der Waals surface area contributed by atoms with Crippen LogP contribution < -0.4 is 4.74 Å². The van der Waals surface area contributed by atoms with E-state index in [1.807, 2.05) is 20.8 Å². The number of nitrogens with zero attached hydrogens (tertiary/aromatic N) is 1. The van der Waals surface area contributed by atoms with Gasteiger partial charge in [0.15, 0.2) is 5.75 Å². The average molecular weight is 181 g/mol. The molecular weight excluding hydrogens is 166 g/mol. The van der Waals surface area contributed by atoms with Crippen molar-refractivity contribution in [2.75, 3.05) is 6.61 Å². The van der Waals surface area contributed by atoms with E-state index in [9.17, 15) is 5.11 Å². The lowest BCUT2D eigenvalue weighted by Crippen LogP contribution is -2.06. The van der Waals surface area contributed by atoms with Crippen molar-refractivity contribution in [3.05, 3.63) is 17.8 Å². The van der Waals surface area contributed by atoms with Crippen molar-refractivity contribution >= 4 is 0 Å². The highest BCUT2D eigenvalue weighted by molar-refractivity contribution is 5.32. The first-order valence-corrected chi connectivity index (χ1v) is 4.39. The molecule has 72 valence electrons. The summed E-state index contributed by atoms with van der Waals surface area (Å²) in [6, 6.07) is 3.34.